The highest BCUT2D eigenvalue weighted by Gasteiger charge is 2.12. The molecule has 0 spiro atoms. The highest BCUT2D eigenvalue weighted by atomic mass is 79.9. The maximum Gasteiger partial charge on any atom is 0.160 e. The summed E-state index contributed by atoms with van der Waals surface area (Å²) in [6, 6.07) is 1.77. The predicted octanol–water partition coefficient (Wildman–Crippen LogP) is 2.35. The topological polar surface area (TPSA) is 53.4 Å². The van der Waals surface area contributed by atoms with Crippen LogP contribution >= 0.6 is 27.3 Å². The second-order valence-electron chi connectivity index (χ2n) is 3.12. The van der Waals surface area contributed by atoms with Gasteiger partial charge in [-0.15, -0.1) is 11.3 Å². The smallest absolute Gasteiger partial charge is 0.160 e. The molecule has 0 aliphatic rings. The van der Waals surface area contributed by atoms with Crippen LogP contribution in [0.5, 0.6) is 0 Å². The molecule has 0 atom stereocenters. The van der Waals surface area contributed by atoms with Gasteiger partial charge in [0.25, 0.3) is 0 Å². The van der Waals surface area contributed by atoms with Crippen molar-refractivity contribution in [3.63, 3.8) is 0 Å². The molecule has 2 aromatic rings. The summed E-state index contributed by atoms with van der Waals surface area (Å²) < 4.78 is 16.3. The van der Waals surface area contributed by atoms with E-state index in [2.05, 4.69) is 20.9 Å². The number of fused-ring (bicyclic) bond motifs is 1. The number of aliphatic hydroxyl groups excluding tert-OH is 1. The van der Waals surface area contributed by atoms with Crippen LogP contribution in [0.2, 0.25) is 0 Å². The van der Waals surface area contributed by atoms with E-state index in [1.54, 1.807) is 13.0 Å². The fourth-order valence-electron chi connectivity index (χ4n) is 1.49. The first kappa shape index (κ1) is 8.64. The number of nitrogens with zero attached hydrogens (tertiary/aromatic N) is 1. The molecule has 0 fully saturated rings. The van der Waals surface area contributed by atoms with E-state index in [1.165, 1.54) is 11.3 Å². The van der Waals surface area contributed by atoms with Crippen LogP contribution in [0.25, 0.3) is 10.2 Å². The lowest BCUT2D eigenvalue weighted by Crippen LogP contribution is -1.96. The van der Waals surface area contributed by atoms with Crippen molar-refractivity contribution in [3.05, 3.63) is 26.7 Å². The first-order valence-corrected chi connectivity index (χ1v) is 5.87. The second kappa shape index (κ2) is 4.17. The molecule has 0 amide bonds. The Morgan fingerprint density at radius 1 is 1.60 bits per heavy atom. The number of thiazole rings is 1. The number of aromatic nitrogens is 1. The molecule has 5 heteroatoms. The molecule has 15 heavy (non-hydrogen) atoms. The quantitative estimate of drug-likeness (QED) is 0.892. The molecule has 0 aliphatic carbocycles. The van der Waals surface area contributed by atoms with Crippen molar-refractivity contribution in [2.75, 3.05) is 0 Å². The van der Waals surface area contributed by atoms with Crippen molar-refractivity contribution in [2.45, 2.75) is 20.1 Å². The van der Waals surface area contributed by atoms with Gasteiger partial charge < -0.3 is 10.2 Å². The van der Waals surface area contributed by atoms with E-state index in [4.69, 9.17) is 2.74 Å². The minimum absolute atomic E-state index is 0.126. The Bertz CT molecular complexity index is 580. The van der Waals surface area contributed by atoms with Crippen LogP contribution in [-0.4, -0.2) is 15.2 Å². The van der Waals surface area contributed by atoms with E-state index in [-0.39, 0.29) is 12.2 Å². The van der Waals surface area contributed by atoms with Crippen molar-refractivity contribution in [2.24, 2.45) is 0 Å². The summed E-state index contributed by atoms with van der Waals surface area (Å²) in [7, 11) is 0. The Morgan fingerprint density at radius 3 is 2.93 bits per heavy atom. The summed E-state index contributed by atoms with van der Waals surface area (Å²) in [5.74, 6) is 0. The zero-order valence-corrected chi connectivity index (χ0v) is 10.3. The number of hydrogen-bond donors (Lipinski definition) is 2. The maximum atomic E-state index is 9.60. The van der Waals surface area contributed by atoms with Gasteiger partial charge in [0.15, 0.2) is 3.92 Å². The average molecular weight is 290 g/mol. The molecule has 1 aromatic carbocycles. The lowest BCUT2D eigenvalue weighted by Gasteiger charge is -2.08. The SMILES string of the molecule is [2H]C([2H])(O)c1c(C)c(CO)cc2sc(Br)nc12. The van der Waals surface area contributed by atoms with E-state index < -0.39 is 6.56 Å². The Morgan fingerprint density at radius 2 is 2.33 bits per heavy atom. The summed E-state index contributed by atoms with van der Waals surface area (Å²) in [4.78, 5) is 4.17. The molecule has 0 aliphatic heterocycles. The maximum absolute atomic E-state index is 9.60. The third kappa shape index (κ3) is 1.80. The van der Waals surface area contributed by atoms with E-state index in [0.717, 1.165) is 4.70 Å². The molecular formula is C10H10BrNO2S. The van der Waals surface area contributed by atoms with Gasteiger partial charge in [0.05, 0.1) is 26.1 Å². The fourth-order valence-corrected chi connectivity index (χ4v) is 2.95. The van der Waals surface area contributed by atoms with Gasteiger partial charge >= 0.3 is 0 Å². The van der Waals surface area contributed by atoms with Gasteiger partial charge in [-0.05, 0) is 40.0 Å². The fraction of sp³-hybridized carbons (Fsp3) is 0.300. The molecular weight excluding hydrogens is 278 g/mol. The molecule has 2 N–H and O–H groups in total. The third-order valence-electron chi connectivity index (χ3n) is 2.31. The number of halogens is 1. The first-order valence-electron chi connectivity index (χ1n) is 5.27. The van der Waals surface area contributed by atoms with Crippen molar-refractivity contribution in [1.29, 1.82) is 0 Å². The predicted molar refractivity (Wildman–Crippen MR) is 63.9 cm³/mol. The van der Waals surface area contributed by atoms with Gasteiger partial charge in [-0.25, -0.2) is 4.98 Å². The van der Waals surface area contributed by atoms with Gasteiger partial charge in [-0.3, -0.25) is 0 Å². The van der Waals surface area contributed by atoms with Crippen LogP contribution in [-0.2, 0) is 13.2 Å². The van der Waals surface area contributed by atoms with Crippen LogP contribution in [0.15, 0.2) is 9.98 Å². The van der Waals surface area contributed by atoms with Crippen molar-refractivity contribution < 1.29 is 13.0 Å². The van der Waals surface area contributed by atoms with Crippen LogP contribution in [0.1, 0.15) is 19.4 Å². The highest BCUT2D eigenvalue weighted by Crippen LogP contribution is 2.32. The Kier molecular flexibility index (Phi) is 2.40. The van der Waals surface area contributed by atoms with Crippen LogP contribution < -0.4 is 0 Å². The Balaban J connectivity index is 2.89. The van der Waals surface area contributed by atoms with Crippen LogP contribution in [0.3, 0.4) is 0 Å². The molecule has 0 unspecified atom stereocenters. The Labute approximate surface area is 102 Å². The van der Waals surface area contributed by atoms with E-state index in [1.807, 2.05) is 0 Å². The Hall–Kier alpha value is -0.490. The summed E-state index contributed by atoms with van der Waals surface area (Å²) in [5.41, 5.74) is 1.69. The lowest BCUT2D eigenvalue weighted by molar-refractivity contribution is 0.275. The average Bonchev–Trinajstić information content (AvgIpc) is 2.54. The number of aliphatic hydroxyl groups is 2. The standard InChI is InChI=1S/C10H10BrNO2S/c1-5-6(3-13)2-8-9(7(5)4-14)12-10(11)15-8/h2,13-14H,3-4H2,1H3/i4D2. The molecule has 80 valence electrons. The van der Waals surface area contributed by atoms with E-state index in [9.17, 15) is 10.2 Å². The number of hydrogen-bond acceptors (Lipinski definition) is 4. The summed E-state index contributed by atoms with van der Waals surface area (Å²) >= 11 is 4.57. The molecule has 0 radical (unpaired) electrons. The van der Waals surface area contributed by atoms with Gasteiger partial charge in [-0.2, -0.15) is 0 Å². The summed E-state index contributed by atoms with van der Waals surface area (Å²) in [6.45, 7) is -0.997. The van der Waals surface area contributed by atoms with Gasteiger partial charge in [0.2, 0.25) is 0 Å². The molecule has 0 bridgehead atoms. The summed E-state index contributed by atoms with van der Waals surface area (Å²) in [5, 5.41) is 18.8. The molecule has 1 heterocycles. The van der Waals surface area contributed by atoms with Crippen molar-refractivity contribution in [1.82, 2.24) is 4.98 Å². The highest BCUT2D eigenvalue weighted by molar-refractivity contribution is 9.11. The molecule has 3 nitrogen and oxygen atoms in total. The second-order valence-corrected chi connectivity index (χ2v) is 5.43. The zero-order valence-electron chi connectivity index (χ0n) is 9.91. The van der Waals surface area contributed by atoms with Crippen molar-refractivity contribution >= 4 is 37.5 Å². The minimum atomic E-state index is -2.47. The minimum Gasteiger partial charge on any atom is -0.392 e. The van der Waals surface area contributed by atoms with Gasteiger partial charge in [0, 0.05) is 5.56 Å². The van der Waals surface area contributed by atoms with Crippen molar-refractivity contribution in [3.8, 4) is 0 Å². The molecule has 0 saturated carbocycles. The zero-order chi connectivity index (χ0) is 12.8. The lowest BCUT2D eigenvalue weighted by atomic mass is 10.0. The van der Waals surface area contributed by atoms with Gasteiger partial charge in [0.1, 0.15) is 0 Å². The molecule has 2 rings (SSSR count). The largest absolute Gasteiger partial charge is 0.392 e. The van der Waals surface area contributed by atoms with Crippen LogP contribution in [0.4, 0.5) is 0 Å². The summed E-state index contributed by atoms with van der Waals surface area (Å²) in [6.07, 6.45) is 0. The monoisotopic (exact) mass is 289 g/mol. The van der Waals surface area contributed by atoms with E-state index >= 15 is 0 Å². The molecule has 1 aromatic heterocycles. The third-order valence-corrected chi connectivity index (χ3v) is 3.76. The molecule has 0 saturated heterocycles. The number of rotatable bonds is 2. The van der Waals surface area contributed by atoms with Gasteiger partial charge in [-0.1, -0.05) is 0 Å². The number of benzene rings is 1. The van der Waals surface area contributed by atoms with Crippen LogP contribution in [0, 0.1) is 6.92 Å². The first-order chi connectivity index (χ1) is 7.84. The van der Waals surface area contributed by atoms with E-state index in [0.29, 0.717) is 20.6 Å². The normalized spacial score (nSPS) is 14.1.